The topological polar surface area (TPSA) is 68.2 Å². The molecule has 132 valence electrons. The summed E-state index contributed by atoms with van der Waals surface area (Å²) in [5.41, 5.74) is 0.533. The van der Waals surface area contributed by atoms with Crippen LogP contribution in [0.2, 0.25) is 0 Å². The van der Waals surface area contributed by atoms with Gasteiger partial charge in [-0.2, -0.15) is 0 Å². The molecule has 6 nitrogen and oxygen atoms in total. The molecule has 3 rings (SSSR count). The minimum absolute atomic E-state index is 0.153. The standard InChI is InChI=1S/C18H14BrFN4O2/c1-26-18(25)12-2-3-13(15(20)8-12)11-24(17-10-21-6-7-23-17)16-9-14(19)4-5-22-16/h2-10H,11H2,1H3. The van der Waals surface area contributed by atoms with Gasteiger partial charge in [0.2, 0.25) is 0 Å². The van der Waals surface area contributed by atoms with E-state index in [1.807, 2.05) is 0 Å². The van der Waals surface area contributed by atoms with Gasteiger partial charge in [-0.1, -0.05) is 22.0 Å². The minimum Gasteiger partial charge on any atom is -0.465 e. The first-order chi connectivity index (χ1) is 12.6. The molecule has 0 fully saturated rings. The average molecular weight is 417 g/mol. The van der Waals surface area contributed by atoms with Crippen LogP contribution >= 0.6 is 15.9 Å². The van der Waals surface area contributed by atoms with Gasteiger partial charge in [0.25, 0.3) is 0 Å². The van der Waals surface area contributed by atoms with Crippen molar-refractivity contribution in [2.75, 3.05) is 12.0 Å². The summed E-state index contributed by atoms with van der Waals surface area (Å²) in [6.45, 7) is 0.162. The number of hydrogen-bond donors (Lipinski definition) is 0. The molecule has 3 aromatic rings. The molecule has 0 N–H and O–H groups in total. The zero-order valence-corrected chi connectivity index (χ0v) is 15.4. The number of carbonyl (C=O) groups is 1. The molecule has 2 aromatic heterocycles. The Balaban J connectivity index is 1.98. The lowest BCUT2D eigenvalue weighted by Crippen LogP contribution is -2.20. The van der Waals surface area contributed by atoms with E-state index in [1.54, 1.807) is 47.9 Å². The molecule has 1 aromatic carbocycles. The third-order valence-corrected chi connectivity index (χ3v) is 4.11. The van der Waals surface area contributed by atoms with Gasteiger partial charge in [-0.05, 0) is 24.3 Å². The maximum atomic E-state index is 14.5. The number of aromatic nitrogens is 3. The SMILES string of the molecule is COC(=O)c1ccc(CN(c2cnccn2)c2cc(Br)ccn2)c(F)c1. The van der Waals surface area contributed by atoms with E-state index in [4.69, 9.17) is 0 Å². The second-order valence-corrected chi connectivity index (χ2v) is 6.20. The Morgan fingerprint density at radius 1 is 1.15 bits per heavy atom. The Morgan fingerprint density at radius 2 is 1.96 bits per heavy atom. The molecule has 0 bridgehead atoms. The van der Waals surface area contributed by atoms with Gasteiger partial charge >= 0.3 is 5.97 Å². The number of hydrogen-bond acceptors (Lipinski definition) is 6. The van der Waals surface area contributed by atoms with Crippen LogP contribution in [0.3, 0.4) is 0 Å². The van der Waals surface area contributed by atoms with Crippen molar-refractivity contribution in [2.45, 2.75) is 6.54 Å². The molecule has 0 radical (unpaired) electrons. The van der Waals surface area contributed by atoms with E-state index < -0.39 is 11.8 Å². The monoisotopic (exact) mass is 416 g/mol. The van der Waals surface area contributed by atoms with Crippen molar-refractivity contribution in [1.82, 2.24) is 15.0 Å². The molecule has 0 saturated carbocycles. The summed E-state index contributed by atoms with van der Waals surface area (Å²) < 4.78 is 20.0. The molecule has 0 atom stereocenters. The van der Waals surface area contributed by atoms with Gasteiger partial charge in [0.05, 0.1) is 25.4 Å². The Kier molecular flexibility index (Phi) is 5.52. The van der Waals surface area contributed by atoms with Gasteiger partial charge in [-0.3, -0.25) is 4.98 Å². The van der Waals surface area contributed by atoms with Crippen molar-refractivity contribution < 1.29 is 13.9 Å². The fourth-order valence-corrected chi connectivity index (χ4v) is 2.66. The normalized spacial score (nSPS) is 10.4. The first-order valence-electron chi connectivity index (χ1n) is 7.60. The number of carbonyl (C=O) groups excluding carboxylic acids is 1. The van der Waals surface area contributed by atoms with E-state index in [-0.39, 0.29) is 12.1 Å². The molecule has 0 aliphatic rings. The van der Waals surface area contributed by atoms with Crippen LogP contribution in [0.1, 0.15) is 15.9 Å². The summed E-state index contributed by atoms with van der Waals surface area (Å²) in [6.07, 6.45) is 6.32. The Labute approximate surface area is 157 Å². The first-order valence-corrected chi connectivity index (χ1v) is 8.39. The average Bonchev–Trinajstić information content (AvgIpc) is 2.67. The highest BCUT2D eigenvalue weighted by Gasteiger charge is 2.17. The highest BCUT2D eigenvalue weighted by molar-refractivity contribution is 9.10. The quantitative estimate of drug-likeness (QED) is 0.587. The van der Waals surface area contributed by atoms with Crippen molar-refractivity contribution in [3.63, 3.8) is 0 Å². The number of nitrogens with zero attached hydrogens (tertiary/aromatic N) is 4. The number of methoxy groups -OCH3 is 1. The summed E-state index contributed by atoms with van der Waals surface area (Å²) in [6, 6.07) is 7.82. The molecule has 0 spiro atoms. The van der Waals surface area contributed by atoms with Crippen molar-refractivity contribution in [2.24, 2.45) is 0 Å². The molecule has 26 heavy (non-hydrogen) atoms. The molecule has 0 saturated heterocycles. The largest absolute Gasteiger partial charge is 0.465 e. The Hall–Kier alpha value is -2.87. The van der Waals surface area contributed by atoms with E-state index in [0.29, 0.717) is 17.2 Å². The fraction of sp³-hybridized carbons (Fsp3) is 0.111. The predicted octanol–water partition coefficient (Wildman–Crippen LogP) is 3.90. The molecular weight excluding hydrogens is 403 g/mol. The lowest BCUT2D eigenvalue weighted by Gasteiger charge is -2.23. The molecule has 0 unspecified atom stereocenters. The lowest BCUT2D eigenvalue weighted by atomic mass is 10.1. The van der Waals surface area contributed by atoms with Crippen LogP contribution in [-0.4, -0.2) is 28.0 Å². The van der Waals surface area contributed by atoms with E-state index in [9.17, 15) is 9.18 Å². The van der Waals surface area contributed by atoms with Crippen molar-refractivity contribution in [1.29, 1.82) is 0 Å². The number of anilines is 2. The summed E-state index contributed by atoms with van der Waals surface area (Å²) in [4.78, 5) is 26.0. The van der Waals surface area contributed by atoms with E-state index in [1.165, 1.54) is 13.2 Å². The van der Waals surface area contributed by atoms with E-state index in [0.717, 1.165) is 10.5 Å². The maximum Gasteiger partial charge on any atom is 0.337 e. The molecule has 8 heteroatoms. The van der Waals surface area contributed by atoms with Gasteiger partial charge in [0, 0.05) is 28.6 Å². The van der Waals surface area contributed by atoms with Crippen LogP contribution in [0.15, 0.2) is 59.6 Å². The summed E-state index contributed by atoms with van der Waals surface area (Å²) in [7, 11) is 1.25. The smallest absolute Gasteiger partial charge is 0.337 e. The lowest BCUT2D eigenvalue weighted by molar-refractivity contribution is 0.0600. The molecule has 2 heterocycles. The number of benzene rings is 1. The highest BCUT2D eigenvalue weighted by atomic mass is 79.9. The zero-order valence-electron chi connectivity index (χ0n) is 13.8. The summed E-state index contributed by atoms with van der Waals surface area (Å²) in [5, 5.41) is 0. The molecule has 0 aliphatic carbocycles. The van der Waals surface area contributed by atoms with Crippen molar-refractivity contribution >= 4 is 33.5 Å². The molecule has 0 amide bonds. The second-order valence-electron chi connectivity index (χ2n) is 5.28. The van der Waals surface area contributed by atoms with Gasteiger partial charge in [-0.15, -0.1) is 0 Å². The van der Waals surface area contributed by atoms with Crippen LogP contribution in [0.4, 0.5) is 16.0 Å². The highest BCUT2D eigenvalue weighted by Crippen LogP contribution is 2.26. The maximum absolute atomic E-state index is 14.5. The molecular formula is C18H14BrFN4O2. The molecule has 0 aliphatic heterocycles. The number of esters is 1. The van der Waals surface area contributed by atoms with E-state index in [2.05, 4.69) is 35.6 Å². The first kappa shape index (κ1) is 17.9. The van der Waals surface area contributed by atoms with Crippen molar-refractivity contribution in [3.8, 4) is 0 Å². The third kappa shape index (κ3) is 4.02. The number of pyridine rings is 1. The Bertz CT molecular complexity index is 924. The van der Waals surface area contributed by atoms with Crippen LogP contribution < -0.4 is 4.90 Å². The van der Waals surface area contributed by atoms with Crippen LogP contribution in [0.5, 0.6) is 0 Å². The predicted molar refractivity (Wildman–Crippen MR) is 97.6 cm³/mol. The van der Waals surface area contributed by atoms with Gasteiger partial charge < -0.3 is 9.64 Å². The van der Waals surface area contributed by atoms with Crippen molar-refractivity contribution in [3.05, 3.63) is 76.5 Å². The fourth-order valence-electron chi connectivity index (χ4n) is 2.34. The second kappa shape index (κ2) is 8.01. The van der Waals surface area contributed by atoms with Gasteiger partial charge in [-0.25, -0.2) is 19.2 Å². The number of halogens is 2. The summed E-state index contributed by atoms with van der Waals surface area (Å²) in [5.74, 6) is -0.00228. The third-order valence-electron chi connectivity index (χ3n) is 3.61. The van der Waals surface area contributed by atoms with E-state index >= 15 is 0 Å². The van der Waals surface area contributed by atoms with Gasteiger partial charge in [0.1, 0.15) is 11.6 Å². The minimum atomic E-state index is -0.588. The number of ether oxygens (including phenoxy) is 1. The van der Waals surface area contributed by atoms with Crippen LogP contribution in [0, 0.1) is 5.82 Å². The zero-order chi connectivity index (χ0) is 18.5. The summed E-state index contributed by atoms with van der Waals surface area (Å²) >= 11 is 3.41. The Morgan fingerprint density at radius 3 is 2.62 bits per heavy atom. The number of rotatable bonds is 5. The van der Waals surface area contributed by atoms with Crippen LogP contribution in [-0.2, 0) is 11.3 Å². The van der Waals surface area contributed by atoms with Crippen LogP contribution in [0.25, 0.3) is 0 Å². The van der Waals surface area contributed by atoms with Gasteiger partial charge in [0.15, 0.2) is 5.82 Å².